The third-order valence-electron chi connectivity index (χ3n) is 6.66. The topological polar surface area (TPSA) is 84.0 Å². The fourth-order valence-electron chi connectivity index (χ4n) is 4.52. The van der Waals surface area contributed by atoms with Crippen LogP contribution >= 0.6 is 21.6 Å². The van der Waals surface area contributed by atoms with Gasteiger partial charge in [-0.25, -0.2) is 0 Å². The third kappa shape index (κ3) is 6.46. The van der Waals surface area contributed by atoms with Crippen molar-refractivity contribution in [1.29, 1.82) is 0 Å². The SMILES string of the molecule is O=C(NCc1cnc2c(SSc3cccc4cc(CNC(=O)c5ccccc5)cnc34)cccc2c1)c1ccccc1. The van der Waals surface area contributed by atoms with Gasteiger partial charge in [0.1, 0.15) is 0 Å². The first-order valence-electron chi connectivity index (χ1n) is 13.4. The summed E-state index contributed by atoms with van der Waals surface area (Å²) in [4.78, 5) is 36.4. The van der Waals surface area contributed by atoms with E-state index in [1.807, 2.05) is 73.1 Å². The highest BCUT2D eigenvalue weighted by atomic mass is 33.1. The molecule has 0 atom stereocenters. The van der Waals surface area contributed by atoms with Crippen molar-refractivity contribution in [2.24, 2.45) is 0 Å². The summed E-state index contributed by atoms with van der Waals surface area (Å²) in [5.41, 5.74) is 4.98. The largest absolute Gasteiger partial charge is 0.348 e. The molecule has 2 aromatic heterocycles. The van der Waals surface area contributed by atoms with E-state index < -0.39 is 0 Å². The number of fused-ring (bicyclic) bond motifs is 2. The molecule has 206 valence electrons. The first-order valence-corrected chi connectivity index (χ1v) is 15.6. The smallest absolute Gasteiger partial charge is 0.251 e. The zero-order valence-corrected chi connectivity index (χ0v) is 24.1. The van der Waals surface area contributed by atoms with Crippen molar-refractivity contribution in [1.82, 2.24) is 20.6 Å². The average molecular weight is 587 g/mol. The molecule has 0 unspecified atom stereocenters. The molecule has 2 amide bonds. The van der Waals surface area contributed by atoms with E-state index >= 15 is 0 Å². The van der Waals surface area contributed by atoms with Crippen LogP contribution in [0.4, 0.5) is 0 Å². The molecule has 8 heteroatoms. The molecule has 6 aromatic rings. The Morgan fingerprint density at radius 1 is 0.548 bits per heavy atom. The van der Waals surface area contributed by atoms with Gasteiger partial charge >= 0.3 is 0 Å². The Balaban J connectivity index is 1.12. The predicted octanol–water partition coefficient (Wildman–Crippen LogP) is 7.44. The molecule has 6 rings (SSSR count). The Kier molecular flexibility index (Phi) is 8.44. The number of hydrogen-bond donors (Lipinski definition) is 2. The fraction of sp³-hybridized carbons (Fsp3) is 0.0588. The van der Waals surface area contributed by atoms with E-state index in [0.717, 1.165) is 42.7 Å². The second-order valence-electron chi connectivity index (χ2n) is 9.61. The molecule has 0 radical (unpaired) electrons. The van der Waals surface area contributed by atoms with Gasteiger partial charge in [0.25, 0.3) is 11.8 Å². The lowest BCUT2D eigenvalue weighted by molar-refractivity contribution is 0.0943. The van der Waals surface area contributed by atoms with E-state index in [2.05, 4.69) is 34.9 Å². The summed E-state index contributed by atoms with van der Waals surface area (Å²) in [5.74, 6) is -0.215. The number of para-hydroxylation sites is 2. The van der Waals surface area contributed by atoms with Crippen LogP contribution in [-0.4, -0.2) is 21.8 Å². The van der Waals surface area contributed by atoms with Gasteiger partial charge in [0.05, 0.1) is 11.0 Å². The van der Waals surface area contributed by atoms with Crippen LogP contribution in [0.25, 0.3) is 21.8 Å². The van der Waals surface area contributed by atoms with E-state index in [1.54, 1.807) is 45.9 Å². The maximum absolute atomic E-state index is 12.4. The number of aromatic nitrogens is 2. The van der Waals surface area contributed by atoms with Crippen molar-refractivity contribution in [3.8, 4) is 0 Å². The quantitative estimate of drug-likeness (QED) is 0.171. The lowest BCUT2D eigenvalue weighted by Gasteiger charge is -2.10. The van der Waals surface area contributed by atoms with Crippen LogP contribution in [0.3, 0.4) is 0 Å². The molecule has 0 aliphatic carbocycles. The van der Waals surface area contributed by atoms with E-state index in [4.69, 9.17) is 9.97 Å². The Labute approximate surface area is 251 Å². The van der Waals surface area contributed by atoms with Crippen LogP contribution < -0.4 is 10.6 Å². The molecule has 0 saturated heterocycles. The van der Waals surface area contributed by atoms with Gasteiger partial charge < -0.3 is 10.6 Å². The predicted molar refractivity (Wildman–Crippen MR) is 170 cm³/mol. The van der Waals surface area contributed by atoms with E-state index in [0.29, 0.717) is 24.2 Å². The molecule has 2 N–H and O–H groups in total. The zero-order valence-electron chi connectivity index (χ0n) is 22.5. The highest BCUT2D eigenvalue weighted by molar-refractivity contribution is 8.76. The van der Waals surface area contributed by atoms with Gasteiger partial charge in [-0.1, -0.05) is 82.3 Å². The summed E-state index contributed by atoms with van der Waals surface area (Å²) in [6, 6.07) is 34.8. The number of hydrogen-bond acceptors (Lipinski definition) is 6. The molecule has 4 aromatic carbocycles. The van der Waals surface area contributed by atoms with Gasteiger partial charge in [0.2, 0.25) is 0 Å². The molecule has 6 nitrogen and oxygen atoms in total. The maximum atomic E-state index is 12.4. The van der Waals surface area contributed by atoms with Crippen molar-refractivity contribution >= 4 is 55.2 Å². The van der Waals surface area contributed by atoms with Gasteiger partial charge in [-0.05, 0) is 59.7 Å². The minimum atomic E-state index is -0.107. The van der Waals surface area contributed by atoms with E-state index in [-0.39, 0.29) is 11.8 Å². The first-order chi connectivity index (χ1) is 20.6. The lowest BCUT2D eigenvalue weighted by atomic mass is 10.1. The van der Waals surface area contributed by atoms with Gasteiger partial charge in [-0.15, -0.1) is 0 Å². The summed E-state index contributed by atoms with van der Waals surface area (Å²) >= 11 is 0. The Morgan fingerprint density at radius 2 is 0.976 bits per heavy atom. The summed E-state index contributed by atoms with van der Waals surface area (Å²) in [7, 11) is 3.29. The Bertz CT molecular complexity index is 1740. The van der Waals surface area contributed by atoms with Gasteiger partial charge in [0.15, 0.2) is 0 Å². The van der Waals surface area contributed by atoms with Gasteiger partial charge in [-0.3, -0.25) is 19.6 Å². The maximum Gasteiger partial charge on any atom is 0.251 e. The molecular formula is C34H26N4O2S2. The highest BCUT2D eigenvalue weighted by Crippen LogP contribution is 2.42. The van der Waals surface area contributed by atoms with Crippen LogP contribution in [0, 0.1) is 0 Å². The number of carbonyl (C=O) groups is 2. The van der Waals surface area contributed by atoms with Crippen LogP contribution in [0.15, 0.2) is 131 Å². The van der Waals surface area contributed by atoms with Gasteiger partial charge in [-0.2, -0.15) is 0 Å². The highest BCUT2D eigenvalue weighted by Gasteiger charge is 2.11. The van der Waals surface area contributed by atoms with Crippen molar-refractivity contribution in [2.75, 3.05) is 0 Å². The third-order valence-corrected chi connectivity index (χ3v) is 9.09. The standard InChI is InChI=1S/C34H26N4O2S2/c39-33(25-9-3-1-4-10-25)37-21-23-17-27-13-7-15-29(31(27)35-19-23)41-42-30-16-8-14-28-18-24(20-36-32(28)30)22-38-34(40)26-11-5-2-6-12-26/h1-20H,21-22H2,(H,37,39)(H,38,40). The Hall–Kier alpha value is -4.66. The zero-order chi connectivity index (χ0) is 28.7. The van der Waals surface area contributed by atoms with Gasteiger partial charge in [0, 0.05) is 57.2 Å². The van der Waals surface area contributed by atoms with Crippen LogP contribution in [0.5, 0.6) is 0 Å². The molecule has 0 saturated carbocycles. The Morgan fingerprint density at radius 3 is 1.40 bits per heavy atom. The number of pyridine rings is 2. The average Bonchev–Trinajstić information content (AvgIpc) is 3.05. The molecule has 42 heavy (non-hydrogen) atoms. The van der Waals surface area contributed by atoms with E-state index in [9.17, 15) is 9.59 Å². The second-order valence-corrected chi connectivity index (χ2v) is 11.8. The lowest BCUT2D eigenvalue weighted by Crippen LogP contribution is -2.22. The number of benzene rings is 4. The number of nitrogens with one attached hydrogen (secondary N) is 2. The van der Waals surface area contributed by atoms with Crippen molar-refractivity contribution < 1.29 is 9.59 Å². The van der Waals surface area contributed by atoms with Crippen LogP contribution in [0.2, 0.25) is 0 Å². The number of carbonyl (C=O) groups excluding carboxylic acids is 2. The monoisotopic (exact) mass is 586 g/mol. The minimum absolute atomic E-state index is 0.107. The molecule has 0 bridgehead atoms. The normalized spacial score (nSPS) is 11.0. The number of nitrogens with zero attached hydrogens (tertiary/aromatic N) is 2. The van der Waals surface area contributed by atoms with Crippen molar-refractivity contribution in [3.63, 3.8) is 0 Å². The summed E-state index contributed by atoms with van der Waals surface area (Å²) in [6.45, 7) is 0.810. The van der Waals surface area contributed by atoms with Crippen molar-refractivity contribution in [2.45, 2.75) is 22.9 Å². The minimum Gasteiger partial charge on any atom is -0.348 e. The summed E-state index contributed by atoms with van der Waals surface area (Å²) < 4.78 is 0. The van der Waals surface area contributed by atoms with E-state index in [1.165, 1.54) is 0 Å². The summed E-state index contributed by atoms with van der Waals surface area (Å²) in [6.07, 6.45) is 3.64. The molecule has 0 fully saturated rings. The number of rotatable bonds is 9. The fourth-order valence-corrected chi connectivity index (χ4v) is 6.81. The van der Waals surface area contributed by atoms with Crippen LogP contribution in [-0.2, 0) is 13.1 Å². The molecule has 0 aliphatic heterocycles. The van der Waals surface area contributed by atoms with Crippen molar-refractivity contribution in [3.05, 3.63) is 144 Å². The second kappa shape index (κ2) is 12.9. The van der Waals surface area contributed by atoms with Crippen LogP contribution in [0.1, 0.15) is 31.8 Å². The molecule has 2 heterocycles. The first kappa shape index (κ1) is 27.5. The molecule has 0 aliphatic rings. The molecular weight excluding hydrogens is 561 g/mol. The molecule has 0 spiro atoms. The number of amides is 2. The summed E-state index contributed by atoms with van der Waals surface area (Å²) in [5, 5.41) is 7.97.